The minimum absolute atomic E-state index is 0.0314. The molecule has 0 fully saturated rings. The first-order valence-corrected chi connectivity index (χ1v) is 30.6. The van der Waals surface area contributed by atoms with E-state index in [-0.39, 0.29) is 25.9 Å². The SMILES string of the molecule is CC/C=C\C/C=C\C/C=C\C/C=C\C/C=C\C/C=C\CCC(=O)OC(COC(=O)CCCCCCCC/C=C\C/C=C\C/C=C\C/C=C\CC)COP(=O)(O)OCC(CO)OC(=O)CCCCCCC/C=C\CCCC. The van der Waals surface area contributed by atoms with Crippen molar-refractivity contribution in [2.24, 2.45) is 0 Å². The van der Waals surface area contributed by atoms with Gasteiger partial charge in [0.05, 0.1) is 19.8 Å². The zero-order valence-corrected chi connectivity index (χ0v) is 48.3. The molecule has 0 aromatic rings. The second kappa shape index (κ2) is 56.8. The highest BCUT2D eigenvalue weighted by molar-refractivity contribution is 7.47. The van der Waals surface area contributed by atoms with Crippen LogP contribution in [0.5, 0.6) is 0 Å². The minimum Gasteiger partial charge on any atom is -0.462 e. The van der Waals surface area contributed by atoms with Crippen molar-refractivity contribution in [1.82, 2.24) is 0 Å². The highest BCUT2D eigenvalue weighted by Gasteiger charge is 2.28. The summed E-state index contributed by atoms with van der Waals surface area (Å²) in [5.41, 5.74) is 0. The average molecular weight is 1080 g/mol. The molecule has 0 aliphatic heterocycles. The fraction of sp³-hybridized carbons (Fsp3) is 0.609. The molecule has 0 aliphatic carbocycles. The summed E-state index contributed by atoms with van der Waals surface area (Å²) >= 11 is 0. The molecule has 12 heteroatoms. The summed E-state index contributed by atoms with van der Waals surface area (Å²) in [6, 6.07) is 0. The Labute approximate surface area is 461 Å². The summed E-state index contributed by atoms with van der Waals surface area (Å²) in [5.74, 6) is -1.61. The maximum absolute atomic E-state index is 12.9. The molecular formula is C64H103O11P. The van der Waals surface area contributed by atoms with Gasteiger partial charge >= 0.3 is 25.7 Å². The Morgan fingerprint density at radius 3 is 1.14 bits per heavy atom. The number of carbonyl (C=O) groups is 3. The van der Waals surface area contributed by atoms with E-state index in [4.69, 9.17) is 23.3 Å². The number of carbonyl (C=O) groups excluding carboxylic acids is 3. The number of phosphoric ester groups is 1. The van der Waals surface area contributed by atoms with Crippen molar-refractivity contribution in [3.05, 3.63) is 134 Å². The molecule has 0 amide bonds. The van der Waals surface area contributed by atoms with Gasteiger partial charge in [-0.05, 0) is 116 Å². The number of esters is 3. The van der Waals surface area contributed by atoms with Crippen molar-refractivity contribution in [3.8, 4) is 0 Å². The number of unbranched alkanes of at least 4 members (excludes halogenated alkanes) is 13. The Morgan fingerprint density at radius 2 is 0.711 bits per heavy atom. The molecular weight excluding hydrogens is 976 g/mol. The number of phosphoric acid groups is 1. The van der Waals surface area contributed by atoms with E-state index in [1.54, 1.807) is 0 Å². The minimum atomic E-state index is -4.78. The van der Waals surface area contributed by atoms with Gasteiger partial charge in [-0.25, -0.2) is 4.57 Å². The molecule has 3 unspecified atom stereocenters. The lowest BCUT2D eigenvalue weighted by atomic mass is 10.1. The van der Waals surface area contributed by atoms with Crippen LogP contribution < -0.4 is 0 Å². The number of aliphatic hydroxyl groups excluding tert-OH is 1. The molecule has 11 nitrogen and oxygen atoms in total. The number of hydrogen-bond donors (Lipinski definition) is 2. The van der Waals surface area contributed by atoms with Gasteiger partial charge in [-0.3, -0.25) is 23.4 Å². The Balaban J connectivity index is 4.89. The second-order valence-electron chi connectivity index (χ2n) is 18.7. The van der Waals surface area contributed by atoms with Crippen molar-refractivity contribution in [2.75, 3.05) is 26.4 Å². The highest BCUT2D eigenvalue weighted by atomic mass is 31.2. The molecule has 0 saturated carbocycles. The fourth-order valence-corrected chi connectivity index (χ4v) is 7.96. The first-order valence-electron chi connectivity index (χ1n) is 29.1. The molecule has 430 valence electrons. The van der Waals surface area contributed by atoms with Crippen LogP contribution in [0.3, 0.4) is 0 Å². The van der Waals surface area contributed by atoms with E-state index in [1.807, 2.05) is 12.2 Å². The third-order valence-electron chi connectivity index (χ3n) is 11.6. The largest absolute Gasteiger partial charge is 0.472 e. The van der Waals surface area contributed by atoms with Crippen LogP contribution in [0.25, 0.3) is 0 Å². The molecule has 0 saturated heterocycles. The maximum atomic E-state index is 12.9. The quantitative estimate of drug-likeness (QED) is 0.0197. The summed E-state index contributed by atoms with van der Waals surface area (Å²) in [5, 5.41) is 9.79. The van der Waals surface area contributed by atoms with Crippen LogP contribution in [0.15, 0.2) is 134 Å². The van der Waals surface area contributed by atoms with Gasteiger partial charge in [-0.1, -0.05) is 212 Å². The molecule has 76 heavy (non-hydrogen) atoms. The van der Waals surface area contributed by atoms with Crippen LogP contribution in [0.4, 0.5) is 0 Å². The lowest BCUT2D eigenvalue weighted by Crippen LogP contribution is -2.30. The van der Waals surface area contributed by atoms with Crippen molar-refractivity contribution >= 4 is 25.7 Å². The monoisotopic (exact) mass is 1080 g/mol. The van der Waals surface area contributed by atoms with E-state index >= 15 is 0 Å². The van der Waals surface area contributed by atoms with Crippen molar-refractivity contribution in [2.45, 2.75) is 226 Å². The predicted molar refractivity (Wildman–Crippen MR) is 316 cm³/mol. The van der Waals surface area contributed by atoms with Gasteiger partial charge in [0.2, 0.25) is 0 Å². The Bertz CT molecular complexity index is 1780. The highest BCUT2D eigenvalue weighted by Crippen LogP contribution is 2.43. The van der Waals surface area contributed by atoms with E-state index in [2.05, 4.69) is 142 Å². The number of ether oxygens (including phenoxy) is 3. The molecule has 0 heterocycles. The van der Waals surface area contributed by atoms with E-state index in [0.717, 1.165) is 135 Å². The predicted octanol–water partition coefficient (Wildman–Crippen LogP) is 17.4. The lowest BCUT2D eigenvalue weighted by molar-refractivity contribution is -0.161. The molecule has 0 spiro atoms. The van der Waals surface area contributed by atoms with Crippen LogP contribution in [-0.2, 0) is 42.2 Å². The fourth-order valence-electron chi connectivity index (χ4n) is 7.18. The van der Waals surface area contributed by atoms with E-state index in [9.17, 15) is 28.9 Å². The van der Waals surface area contributed by atoms with Crippen molar-refractivity contribution in [3.63, 3.8) is 0 Å². The number of rotatable bonds is 52. The zero-order valence-electron chi connectivity index (χ0n) is 47.4. The molecule has 0 aromatic carbocycles. The topological polar surface area (TPSA) is 155 Å². The van der Waals surface area contributed by atoms with Gasteiger partial charge in [-0.2, -0.15) is 0 Å². The van der Waals surface area contributed by atoms with Crippen LogP contribution in [0, 0.1) is 0 Å². The van der Waals surface area contributed by atoms with Crippen LogP contribution >= 0.6 is 7.82 Å². The van der Waals surface area contributed by atoms with Crippen LogP contribution in [0.2, 0.25) is 0 Å². The molecule has 3 atom stereocenters. The number of aliphatic hydroxyl groups is 1. The van der Waals surface area contributed by atoms with Crippen LogP contribution in [-0.4, -0.2) is 66.5 Å². The first kappa shape index (κ1) is 71.6. The summed E-state index contributed by atoms with van der Waals surface area (Å²) < 4.78 is 39.4. The van der Waals surface area contributed by atoms with Gasteiger partial charge in [-0.15, -0.1) is 0 Å². The summed E-state index contributed by atoms with van der Waals surface area (Å²) in [4.78, 5) is 48.5. The average Bonchev–Trinajstić information content (AvgIpc) is 3.41. The first-order chi connectivity index (χ1) is 37.2. The van der Waals surface area contributed by atoms with Crippen LogP contribution in [0.1, 0.15) is 213 Å². The number of hydrogen-bond acceptors (Lipinski definition) is 10. The Morgan fingerprint density at radius 1 is 0.382 bits per heavy atom. The molecule has 0 bridgehead atoms. The normalized spacial score (nSPS) is 14.3. The van der Waals surface area contributed by atoms with E-state index < -0.39 is 57.8 Å². The van der Waals surface area contributed by atoms with Gasteiger partial charge in [0, 0.05) is 19.3 Å². The molecule has 0 rings (SSSR count). The zero-order chi connectivity index (χ0) is 55.5. The Hall–Kier alpha value is -4.38. The van der Waals surface area contributed by atoms with Crippen molar-refractivity contribution < 1.29 is 52.2 Å². The summed E-state index contributed by atoms with van der Waals surface area (Å²) in [6.07, 6.45) is 71.4. The van der Waals surface area contributed by atoms with Gasteiger partial charge in [0.1, 0.15) is 12.7 Å². The second-order valence-corrected chi connectivity index (χ2v) is 20.1. The van der Waals surface area contributed by atoms with Gasteiger partial charge < -0.3 is 24.2 Å². The smallest absolute Gasteiger partial charge is 0.462 e. The molecule has 0 aliphatic rings. The molecule has 2 N–H and O–H groups in total. The molecule has 0 radical (unpaired) electrons. The summed E-state index contributed by atoms with van der Waals surface area (Å²) in [6.45, 7) is 4.25. The van der Waals surface area contributed by atoms with Gasteiger partial charge in [0.15, 0.2) is 6.10 Å². The number of allylic oxidation sites excluding steroid dienone is 22. The van der Waals surface area contributed by atoms with Gasteiger partial charge in [0.25, 0.3) is 0 Å². The van der Waals surface area contributed by atoms with E-state index in [1.165, 1.54) is 12.8 Å². The summed E-state index contributed by atoms with van der Waals surface area (Å²) in [7, 11) is -4.78. The lowest BCUT2D eigenvalue weighted by Gasteiger charge is -2.21. The standard InChI is InChI=1S/C64H103O11P/c1-4-7-10-13-16-19-22-24-26-28-30-32-34-36-39-41-44-47-50-53-62(66)71-57-61(75-64(68)55-52-49-46-43-40-37-35-33-31-29-27-25-23-20-17-14-11-8-5-2)59-73-76(69,70)72-58-60(56-65)74-63(67)54-51-48-45-42-38-21-18-15-12-9-6-3/h7-8,10-11,15-20,24-27,30-33,37,40,46,49,60-61,65H,4-6,9,12-14,21-23,28-29,34-36,38-39,41-45,47-48,50-59H2,1-3H3,(H,69,70)/b10-7-,11-8-,18-15-,19-16-,20-17-,26-24-,27-25-,32-30-,33-31-,40-37-,49-46-. The third kappa shape index (κ3) is 54.4. The Kier molecular flexibility index (Phi) is 53.5. The maximum Gasteiger partial charge on any atom is 0.472 e. The molecule has 0 aromatic heterocycles. The van der Waals surface area contributed by atoms with Crippen molar-refractivity contribution in [1.29, 1.82) is 0 Å². The third-order valence-corrected chi connectivity index (χ3v) is 12.5. The van der Waals surface area contributed by atoms with E-state index in [0.29, 0.717) is 25.7 Å².